The van der Waals surface area contributed by atoms with E-state index in [1.165, 1.54) is 0 Å². The van der Waals surface area contributed by atoms with Gasteiger partial charge in [-0.25, -0.2) is 4.98 Å². The highest BCUT2D eigenvalue weighted by atomic mass is 35.5. The normalized spacial score (nSPS) is 12.0. The number of aliphatic hydroxyl groups excluding tert-OH is 1. The Labute approximate surface area is 135 Å². The molecule has 0 saturated carbocycles. The second kappa shape index (κ2) is 6.73. The number of rotatable bonds is 5. The summed E-state index contributed by atoms with van der Waals surface area (Å²) in [5.74, 6) is -0.196. The molecule has 1 aromatic carbocycles. The molecular weight excluding hydrogens is 333 g/mol. The summed E-state index contributed by atoms with van der Waals surface area (Å²) < 4.78 is 0. The fourth-order valence-corrected chi connectivity index (χ4v) is 2.23. The number of aliphatic hydroxyl groups is 1. The first-order chi connectivity index (χ1) is 10.4. The Morgan fingerprint density at radius 3 is 2.55 bits per heavy atom. The average molecular weight is 344 g/mol. The number of nitro groups is 1. The number of nitrogens with two attached hydrogens (primary N) is 1. The molecule has 1 heterocycles. The Balaban J connectivity index is 2.06. The second-order valence-electron chi connectivity index (χ2n) is 4.32. The van der Waals surface area contributed by atoms with Gasteiger partial charge in [-0.15, -0.1) is 0 Å². The van der Waals surface area contributed by atoms with Crippen molar-refractivity contribution in [2.75, 3.05) is 17.6 Å². The van der Waals surface area contributed by atoms with Gasteiger partial charge in [0.15, 0.2) is 0 Å². The van der Waals surface area contributed by atoms with E-state index < -0.39 is 11.0 Å². The number of nitrogens with zero attached hydrogens (tertiary/aromatic N) is 3. The molecule has 10 heteroatoms. The number of aromatic nitrogens is 2. The summed E-state index contributed by atoms with van der Waals surface area (Å²) in [7, 11) is 0. The Kier molecular flexibility index (Phi) is 4.96. The summed E-state index contributed by atoms with van der Waals surface area (Å²) in [6, 6.07) is 4.70. The van der Waals surface area contributed by atoms with Crippen molar-refractivity contribution in [3.8, 4) is 0 Å². The third kappa shape index (κ3) is 3.94. The monoisotopic (exact) mass is 343 g/mol. The van der Waals surface area contributed by atoms with Crippen molar-refractivity contribution in [2.45, 2.75) is 6.10 Å². The smallest absolute Gasteiger partial charge is 0.329 e. The molecule has 1 atom stereocenters. The zero-order valence-corrected chi connectivity index (χ0v) is 12.5. The SMILES string of the molecule is Nc1nc(NCC(O)c2cc(Cl)cc(Cl)c2)ncc1[N+](=O)[O-]. The molecule has 0 saturated heterocycles. The van der Waals surface area contributed by atoms with Gasteiger partial charge in [0.25, 0.3) is 0 Å². The first-order valence-electron chi connectivity index (χ1n) is 6.01. The summed E-state index contributed by atoms with van der Waals surface area (Å²) in [5.41, 5.74) is 5.58. The van der Waals surface area contributed by atoms with Gasteiger partial charge < -0.3 is 16.2 Å². The van der Waals surface area contributed by atoms with Gasteiger partial charge in [0.1, 0.15) is 6.20 Å². The third-order valence-corrected chi connectivity index (χ3v) is 3.15. The lowest BCUT2D eigenvalue weighted by Gasteiger charge is -2.13. The lowest BCUT2D eigenvalue weighted by Crippen LogP contribution is -2.14. The van der Waals surface area contributed by atoms with Crippen LogP contribution in [0.5, 0.6) is 0 Å². The minimum Gasteiger partial charge on any atom is -0.387 e. The highest BCUT2D eigenvalue weighted by molar-refractivity contribution is 6.34. The number of hydrogen-bond acceptors (Lipinski definition) is 7. The molecule has 0 aliphatic rings. The number of nitrogen functional groups attached to an aromatic ring is 1. The molecular formula is C12H11Cl2N5O3. The summed E-state index contributed by atoms with van der Waals surface area (Å²) in [6.07, 6.45) is 0.0732. The minimum atomic E-state index is -0.920. The van der Waals surface area contributed by atoms with E-state index in [2.05, 4.69) is 15.3 Å². The van der Waals surface area contributed by atoms with Gasteiger partial charge in [0.2, 0.25) is 11.8 Å². The maximum Gasteiger partial charge on any atom is 0.329 e. The van der Waals surface area contributed by atoms with E-state index in [4.69, 9.17) is 28.9 Å². The number of hydrogen-bond donors (Lipinski definition) is 3. The van der Waals surface area contributed by atoms with Gasteiger partial charge in [0.05, 0.1) is 11.0 Å². The number of halogens is 2. The summed E-state index contributed by atoms with van der Waals surface area (Å²) >= 11 is 11.7. The number of benzene rings is 1. The molecule has 0 spiro atoms. The molecule has 0 radical (unpaired) electrons. The molecule has 116 valence electrons. The summed E-state index contributed by atoms with van der Waals surface area (Å²) in [4.78, 5) is 17.4. The molecule has 2 aromatic rings. The Morgan fingerprint density at radius 1 is 1.36 bits per heavy atom. The third-order valence-electron chi connectivity index (χ3n) is 2.72. The molecule has 0 aliphatic carbocycles. The Hall–Kier alpha value is -2.16. The van der Waals surface area contributed by atoms with Gasteiger partial charge in [-0.2, -0.15) is 4.98 Å². The van der Waals surface area contributed by atoms with Gasteiger partial charge in [-0.1, -0.05) is 23.2 Å². The van der Waals surface area contributed by atoms with Crippen LogP contribution in [0, 0.1) is 10.1 Å². The molecule has 0 fully saturated rings. The van der Waals surface area contributed by atoms with Crippen molar-refractivity contribution in [2.24, 2.45) is 0 Å². The van der Waals surface area contributed by atoms with Crippen LogP contribution in [0.25, 0.3) is 0 Å². The van der Waals surface area contributed by atoms with Crippen molar-refractivity contribution in [1.82, 2.24) is 9.97 Å². The first-order valence-corrected chi connectivity index (χ1v) is 6.77. The van der Waals surface area contributed by atoms with Crippen LogP contribution in [0.1, 0.15) is 11.7 Å². The van der Waals surface area contributed by atoms with Crippen molar-refractivity contribution in [3.63, 3.8) is 0 Å². The van der Waals surface area contributed by atoms with Crippen LogP contribution in [0.3, 0.4) is 0 Å². The molecule has 1 aromatic heterocycles. The standard InChI is InChI=1S/C12H11Cl2N5O3/c13-7-1-6(2-8(14)3-7)10(20)5-17-12-16-4-9(19(21)22)11(15)18-12/h1-4,10,20H,5H2,(H3,15,16,17,18). The minimum absolute atomic E-state index is 0.0495. The van der Waals surface area contributed by atoms with Gasteiger partial charge in [0, 0.05) is 16.6 Å². The van der Waals surface area contributed by atoms with Crippen LogP contribution in [-0.4, -0.2) is 26.5 Å². The molecule has 22 heavy (non-hydrogen) atoms. The molecule has 0 aliphatic heterocycles. The molecule has 0 bridgehead atoms. The maximum atomic E-state index is 10.6. The average Bonchev–Trinajstić information content (AvgIpc) is 2.43. The largest absolute Gasteiger partial charge is 0.387 e. The molecule has 0 amide bonds. The Bertz CT molecular complexity index is 693. The van der Waals surface area contributed by atoms with Crippen LogP contribution in [0.4, 0.5) is 17.5 Å². The van der Waals surface area contributed by atoms with Crippen LogP contribution >= 0.6 is 23.2 Å². The van der Waals surface area contributed by atoms with Gasteiger partial charge in [-0.05, 0) is 23.8 Å². The zero-order valence-electron chi connectivity index (χ0n) is 11.0. The quantitative estimate of drug-likeness (QED) is 0.561. The topological polar surface area (TPSA) is 127 Å². The highest BCUT2D eigenvalue weighted by Gasteiger charge is 2.15. The van der Waals surface area contributed by atoms with E-state index >= 15 is 0 Å². The van der Waals surface area contributed by atoms with E-state index in [1.807, 2.05) is 0 Å². The lowest BCUT2D eigenvalue weighted by atomic mass is 10.1. The van der Waals surface area contributed by atoms with Crippen molar-refractivity contribution < 1.29 is 10.0 Å². The van der Waals surface area contributed by atoms with Crippen LogP contribution in [-0.2, 0) is 0 Å². The van der Waals surface area contributed by atoms with Crippen LogP contribution in [0.2, 0.25) is 10.0 Å². The van der Waals surface area contributed by atoms with Gasteiger partial charge in [-0.3, -0.25) is 10.1 Å². The molecule has 4 N–H and O–H groups in total. The Morgan fingerprint density at radius 2 is 2.00 bits per heavy atom. The summed E-state index contributed by atoms with van der Waals surface area (Å²) in [5, 5.41) is 24.2. The van der Waals surface area contributed by atoms with Crippen molar-refractivity contribution >= 4 is 40.7 Å². The highest BCUT2D eigenvalue weighted by Crippen LogP contribution is 2.24. The summed E-state index contributed by atoms with van der Waals surface area (Å²) in [6.45, 7) is 0.0495. The first kappa shape index (κ1) is 16.2. The number of nitrogens with one attached hydrogen (secondary N) is 1. The number of anilines is 2. The fourth-order valence-electron chi connectivity index (χ4n) is 1.69. The fraction of sp³-hybridized carbons (Fsp3) is 0.167. The predicted octanol–water partition coefficient (Wildman–Crippen LogP) is 2.42. The van der Waals surface area contributed by atoms with Crippen molar-refractivity contribution in [3.05, 3.63) is 50.1 Å². The molecule has 2 rings (SSSR count). The van der Waals surface area contributed by atoms with Gasteiger partial charge >= 0.3 is 5.69 Å². The van der Waals surface area contributed by atoms with E-state index in [-0.39, 0.29) is 24.0 Å². The lowest BCUT2D eigenvalue weighted by molar-refractivity contribution is -0.384. The second-order valence-corrected chi connectivity index (χ2v) is 5.19. The molecule has 1 unspecified atom stereocenters. The zero-order chi connectivity index (χ0) is 16.3. The van der Waals surface area contributed by atoms with E-state index in [0.717, 1.165) is 6.20 Å². The van der Waals surface area contributed by atoms with Crippen LogP contribution < -0.4 is 11.1 Å². The van der Waals surface area contributed by atoms with E-state index in [0.29, 0.717) is 15.6 Å². The molecule has 8 nitrogen and oxygen atoms in total. The van der Waals surface area contributed by atoms with Crippen molar-refractivity contribution in [1.29, 1.82) is 0 Å². The maximum absolute atomic E-state index is 10.6. The van der Waals surface area contributed by atoms with Crippen LogP contribution in [0.15, 0.2) is 24.4 Å². The van der Waals surface area contributed by atoms with E-state index in [9.17, 15) is 15.2 Å². The predicted molar refractivity (Wildman–Crippen MR) is 83.0 cm³/mol. The van der Waals surface area contributed by atoms with E-state index in [1.54, 1.807) is 18.2 Å².